The molecule has 24 heavy (non-hydrogen) atoms. The molecule has 1 saturated carbocycles. The number of rotatable bonds is 5. The van der Waals surface area contributed by atoms with Crippen molar-refractivity contribution in [2.24, 2.45) is 10.9 Å². The van der Waals surface area contributed by atoms with E-state index in [9.17, 15) is 4.79 Å². The summed E-state index contributed by atoms with van der Waals surface area (Å²) in [6.07, 6.45) is 7.45. The topological polar surface area (TPSA) is 60.0 Å². The molecule has 6 nitrogen and oxygen atoms in total. The van der Waals surface area contributed by atoms with Crippen LogP contribution >= 0.6 is 24.0 Å². The number of piperidine rings is 1. The number of aliphatic imine (C=N–C) groups is 1. The normalized spacial score (nSPS) is 25.3. The van der Waals surface area contributed by atoms with Gasteiger partial charge in [-0.15, -0.1) is 24.0 Å². The highest BCUT2D eigenvalue weighted by Crippen LogP contribution is 2.28. The molecule has 1 atom stereocenters. The second-order valence-corrected chi connectivity index (χ2v) is 7.02. The molecule has 0 aromatic carbocycles. The predicted octanol–water partition coefficient (Wildman–Crippen LogP) is 1.27. The highest BCUT2D eigenvalue weighted by atomic mass is 127. The molecule has 0 bridgehead atoms. The standard InChI is InChI=1S/C17H31N5O.HI/c1-18-17(20-9-8-19-16(23)14-5-6-14)22-12-7-15(13-22)21-10-3-2-4-11-21;/h14-15H,2-13H2,1H3,(H,18,20)(H,19,23);1H. The smallest absolute Gasteiger partial charge is 0.223 e. The minimum absolute atomic E-state index is 0. The zero-order chi connectivity index (χ0) is 16.1. The number of nitrogens with zero attached hydrogens (tertiary/aromatic N) is 3. The van der Waals surface area contributed by atoms with Crippen LogP contribution in [0, 0.1) is 5.92 Å². The molecular formula is C17H32IN5O. The fourth-order valence-corrected chi connectivity index (χ4v) is 3.70. The van der Waals surface area contributed by atoms with Crippen LogP contribution in [0.1, 0.15) is 38.5 Å². The molecule has 7 heteroatoms. The summed E-state index contributed by atoms with van der Waals surface area (Å²) in [5.41, 5.74) is 0. The number of hydrogen-bond donors (Lipinski definition) is 2. The van der Waals surface area contributed by atoms with Crippen LogP contribution in [0.2, 0.25) is 0 Å². The molecule has 2 aliphatic heterocycles. The fraction of sp³-hybridized carbons (Fsp3) is 0.882. The van der Waals surface area contributed by atoms with Crippen molar-refractivity contribution in [3.8, 4) is 0 Å². The van der Waals surface area contributed by atoms with Crippen LogP contribution in [0.25, 0.3) is 0 Å². The Hall–Kier alpha value is -0.570. The quantitative estimate of drug-likeness (QED) is 0.287. The Morgan fingerprint density at radius 1 is 1.04 bits per heavy atom. The van der Waals surface area contributed by atoms with Crippen molar-refractivity contribution >= 4 is 35.8 Å². The molecule has 2 saturated heterocycles. The Bertz CT molecular complexity index is 435. The number of nitrogens with one attached hydrogen (secondary N) is 2. The molecule has 0 radical (unpaired) electrons. The summed E-state index contributed by atoms with van der Waals surface area (Å²) in [6.45, 7) is 6.10. The molecule has 2 heterocycles. The second kappa shape index (κ2) is 9.79. The highest BCUT2D eigenvalue weighted by Gasteiger charge is 2.30. The van der Waals surface area contributed by atoms with Gasteiger partial charge in [-0.3, -0.25) is 14.7 Å². The summed E-state index contributed by atoms with van der Waals surface area (Å²) in [6, 6.07) is 0.684. The van der Waals surface area contributed by atoms with Crippen LogP contribution in [-0.4, -0.2) is 74.0 Å². The summed E-state index contributed by atoms with van der Waals surface area (Å²) in [5, 5.41) is 6.38. The van der Waals surface area contributed by atoms with Gasteiger partial charge in [-0.25, -0.2) is 0 Å². The summed E-state index contributed by atoms with van der Waals surface area (Å²) in [7, 11) is 1.85. The van der Waals surface area contributed by atoms with Gasteiger partial charge in [0.2, 0.25) is 5.91 Å². The lowest BCUT2D eigenvalue weighted by Gasteiger charge is -2.32. The maximum atomic E-state index is 11.6. The fourth-order valence-electron chi connectivity index (χ4n) is 3.70. The van der Waals surface area contributed by atoms with Crippen molar-refractivity contribution in [1.29, 1.82) is 0 Å². The molecule has 2 N–H and O–H groups in total. The maximum Gasteiger partial charge on any atom is 0.223 e. The van der Waals surface area contributed by atoms with E-state index in [1.807, 2.05) is 7.05 Å². The van der Waals surface area contributed by atoms with Crippen molar-refractivity contribution < 1.29 is 4.79 Å². The van der Waals surface area contributed by atoms with E-state index in [2.05, 4.69) is 25.4 Å². The molecule has 0 spiro atoms. The largest absolute Gasteiger partial charge is 0.354 e. The van der Waals surface area contributed by atoms with E-state index in [-0.39, 0.29) is 35.8 Å². The van der Waals surface area contributed by atoms with Crippen molar-refractivity contribution in [3.05, 3.63) is 0 Å². The van der Waals surface area contributed by atoms with E-state index in [0.717, 1.165) is 38.4 Å². The summed E-state index contributed by atoms with van der Waals surface area (Å²) in [4.78, 5) is 21.0. The van der Waals surface area contributed by atoms with Gasteiger partial charge in [0.25, 0.3) is 0 Å². The van der Waals surface area contributed by atoms with E-state index in [4.69, 9.17) is 0 Å². The predicted molar refractivity (Wildman–Crippen MR) is 108 cm³/mol. The van der Waals surface area contributed by atoms with Crippen LogP contribution < -0.4 is 10.6 Å². The SMILES string of the molecule is CN=C(NCCNC(=O)C1CC1)N1CCC(N2CCCCC2)C1.I. The van der Waals surface area contributed by atoms with Crippen molar-refractivity contribution in [1.82, 2.24) is 20.4 Å². The zero-order valence-corrected chi connectivity index (χ0v) is 17.1. The zero-order valence-electron chi connectivity index (χ0n) is 14.8. The van der Waals surface area contributed by atoms with Gasteiger partial charge in [-0.1, -0.05) is 6.42 Å². The number of halogens is 1. The Balaban J connectivity index is 0.00000208. The highest BCUT2D eigenvalue weighted by molar-refractivity contribution is 14.0. The van der Waals surface area contributed by atoms with Gasteiger partial charge < -0.3 is 15.5 Å². The van der Waals surface area contributed by atoms with Gasteiger partial charge in [0.15, 0.2) is 5.96 Å². The lowest BCUT2D eigenvalue weighted by Crippen LogP contribution is -2.46. The van der Waals surface area contributed by atoms with E-state index in [0.29, 0.717) is 12.6 Å². The van der Waals surface area contributed by atoms with Gasteiger partial charge in [0, 0.05) is 45.2 Å². The first-order valence-electron chi connectivity index (χ1n) is 9.25. The average Bonchev–Trinajstić information content (AvgIpc) is 3.33. The molecule has 1 unspecified atom stereocenters. The number of hydrogen-bond acceptors (Lipinski definition) is 3. The van der Waals surface area contributed by atoms with E-state index < -0.39 is 0 Å². The minimum atomic E-state index is 0. The van der Waals surface area contributed by atoms with Crippen molar-refractivity contribution in [3.63, 3.8) is 0 Å². The maximum absolute atomic E-state index is 11.6. The number of carbonyl (C=O) groups excluding carboxylic acids is 1. The lowest BCUT2D eigenvalue weighted by molar-refractivity contribution is -0.122. The van der Waals surface area contributed by atoms with Crippen LogP contribution in [0.4, 0.5) is 0 Å². The average molecular weight is 449 g/mol. The van der Waals surface area contributed by atoms with E-state index >= 15 is 0 Å². The summed E-state index contributed by atoms with van der Waals surface area (Å²) < 4.78 is 0. The monoisotopic (exact) mass is 449 g/mol. The van der Waals surface area contributed by atoms with Crippen LogP contribution in [0.15, 0.2) is 4.99 Å². The van der Waals surface area contributed by atoms with Crippen molar-refractivity contribution in [2.75, 3.05) is 46.3 Å². The van der Waals surface area contributed by atoms with Gasteiger partial charge in [0.05, 0.1) is 0 Å². The number of guanidine groups is 1. The van der Waals surface area contributed by atoms with E-state index in [1.165, 1.54) is 38.8 Å². The third-order valence-electron chi connectivity index (χ3n) is 5.24. The Morgan fingerprint density at radius 2 is 1.75 bits per heavy atom. The lowest BCUT2D eigenvalue weighted by atomic mass is 10.1. The summed E-state index contributed by atoms with van der Waals surface area (Å²) >= 11 is 0. The number of carbonyl (C=O) groups is 1. The second-order valence-electron chi connectivity index (χ2n) is 7.02. The molecule has 138 valence electrons. The van der Waals surface area contributed by atoms with Crippen LogP contribution in [-0.2, 0) is 4.79 Å². The first-order valence-corrected chi connectivity index (χ1v) is 9.25. The first-order chi connectivity index (χ1) is 11.3. The minimum Gasteiger partial charge on any atom is -0.354 e. The third kappa shape index (κ3) is 5.47. The molecule has 3 aliphatic rings. The van der Waals surface area contributed by atoms with Gasteiger partial charge in [0.1, 0.15) is 0 Å². The first kappa shape index (κ1) is 19.8. The molecule has 1 amide bonds. The molecule has 1 aliphatic carbocycles. The van der Waals surface area contributed by atoms with Crippen LogP contribution in [0.5, 0.6) is 0 Å². The molecular weight excluding hydrogens is 417 g/mol. The Kier molecular flexibility index (Phi) is 8.06. The summed E-state index contributed by atoms with van der Waals surface area (Å²) in [5.74, 6) is 1.48. The van der Waals surface area contributed by atoms with Crippen LogP contribution in [0.3, 0.4) is 0 Å². The molecule has 0 aromatic rings. The van der Waals surface area contributed by atoms with Gasteiger partial charge in [-0.2, -0.15) is 0 Å². The molecule has 3 rings (SSSR count). The molecule has 0 aromatic heterocycles. The Morgan fingerprint density at radius 3 is 2.42 bits per heavy atom. The number of amides is 1. The Labute approximate surface area is 162 Å². The van der Waals surface area contributed by atoms with Gasteiger partial charge in [-0.05, 0) is 45.2 Å². The molecule has 3 fully saturated rings. The van der Waals surface area contributed by atoms with Gasteiger partial charge >= 0.3 is 0 Å². The number of likely N-dealkylation sites (tertiary alicyclic amines) is 2. The third-order valence-corrected chi connectivity index (χ3v) is 5.24. The van der Waals surface area contributed by atoms with Crippen molar-refractivity contribution in [2.45, 2.75) is 44.6 Å². The van der Waals surface area contributed by atoms with E-state index in [1.54, 1.807) is 0 Å².